The number of rotatable bonds is 3. The fourth-order valence-electron chi connectivity index (χ4n) is 3.32. The van der Waals surface area contributed by atoms with Crippen molar-refractivity contribution in [1.82, 2.24) is 4.90 Å². The van der Waals surface area contributed by atoms with Crippen LogP contribution in [0.4, 0.5) is 8.78 Å². The molecule has 14 heavy (non-hydrogen) atoms. The topological polar surface area (TPSA) is 3.24 Å². The number of hydrogen-bond donors (Lipinski definition) is 0. The van der Waals surface area contributed by atoms with Crippen LogP contribution in [0.15, 0.2) is 0 Å². The Hall–Kier alpha value is -0.180. The molecule has 1 aliphatic heterocycles. The Morgan fingerprint density at radius 1 is 1.36 bits per heavy atom. The van der Waals surface area contributed by atoms with Crippen molar-refractivity contribution in [2.24, 2.45) is 17.3 Å². The first kappa shape index (κ1) is 9.08. The molecule has 0 N–H and O–H groups in total. The molecule has 1 saturated heterocycles. The highest BCUT2D eigenvalue weighted by molar-refractivity contribution is 5.12. The van der Waals surface area contributed by atoms with Crippen molar-refractivity contribution >= 4 is 0 Å². The van der Waals surface area contributed by atoms with E-state index in [4.69, 9.17) is 0 Å². The van der Waals surface area contributed by atoms with Crippen molar-refractivity contribution < 1.29 is 8.78 Å². The Morgan fingerprint density at radius 2 is 2.21 bits per heavy atom. The first-order chi connectivity index (χ1) is 6.70. The van der Waals surface area contributed by atoms with Crippen molar-refractivity contribution in [2.75, 3.05) is 19.6 Å². The van der Waals surface area contributed by atoms with Gasteiger partial charge in [0.1, 0.15) is 0 Å². The Kier molecular flexibility index (Phi) is 1.88. The van der Waals surface area contributed by atoms with Gasteiger partial charge < -0.3 is 4.90 Å². The molecule has 2 aliphatic carbocycles. The molecule has 3 unspecified atom stereocenters. The third kappa shape index (κ3) is 1.28. The average molecular weight is 201 g/mol. The Balaban J connectivity index is 1.51. The summed E-state index contributed by atoms with van der Waals surface area (Å²) in [7, 11) is 0. The van der Waals surface area contributed by atoms with Gasteiger partial charge in [-0.2, -0.15) is 0 Å². The van der Waals surface area contributed by atoms with Crippen LogP contribution in [0.5, 0.6) is 0 Å². The van der Waals surface area contributed by atoms with Gasteiger partial charge in [-0.15, -0.1) is 0 Å². The highest BCUT2D eigenvalue weighted by Gasteiger charge is 2.61. The van der Waals surface area contributed by atoms with E-state index in [-0.39, 0.29) is 5.92 Å². The van der Waals surface area contributed by atoms with Gasteiger partial charge in [-0.05, 0) is 43.6 Å². The molecule has 3 fully saturated rings. The maximum Gasteiger partial charge on any atom is 0.242 e. The van der Waals surface area contributed by atoms with Gasteiger partial charge in [0.2, 0.25) is 6.43 Å². The van der Waals surface area contributed by atoms with Gasteiger partial charge >= 0.3 is 0 Å². The fraction of sp³-hybridized carbons (Fsp3) is 1.00. The van der Waals surface area contributed by atoms with E-state index in [1.165, 1.54) is 19.3 Å². The number of alkyl halides is 2. The maximum atomic E-state index is 12.4. The quantitative estimate of drug-likeness (QED) is 0.677. The zero-order chi connectivity index (χ0) is 9.76. The van der Waals surface area contributed by atoms with Crippen LogP contribution >= 0.6 is 0 Å². The van der Waals surface area contributed by atoms with Crippen molar-refractivity contribution in [3.8, 4) is 0 Å². The predicted octanol–water partition coefficient (Wildman–Crippen LogP) is 2.37. The van der Waals surface area contributed by atoms with Gasteiger partial charge in [-0.3, -0.25) is 0 Å². The molecular weight excluding hydrogens is 184 g/mol. The minimum Gasteiger partial charge on any atom is -0.302 e. The van der Waals surface area contributed by atoms with Crippen LogP contribution in [0.2, 0.25) is 0 Å². The van der Waals surface area contributed by atoms with E-state index in [9.17, 15) is 8.78 Å². The summed E-state index contributed by atoms with van der Waals surface area (Å²) in [5.74, 6) is 0.622. The second-order valence-electron chi connectivity index (χ2n) is 5.42. The SMILES string of the molecule is FC(F)C1CCN(CC23CCC2C3)C1. The molecular formula is C11H17F2N. The molecule has 80 valence electrons. The van der Waals surface area contributed by atoms with Crippen LogP contribution in [0.3, 0.4) is 0 Å². The second kappa shape index (κ2) is 2.91. The molecule has 0 radical (unpaired) electrons. The summed E-state index contributed by atoms with van der Waals surface area (Å²) in [6.45, 7) is 2.66. The zero-order valence-electron chi connectivity index (χ0n) is 8.38. The van der Waals surface area contributed by atoms with Crippen molar-refractivity contribution in [2.45, 2.75) is 32.1 Å². The number of hydrogen-bond acceptors (Lipinski definition) is 1. The first-order valence-electron chi connectivity index (χ1n) is 5.70. The molecule has 3 heteroatoms. The molecule has 0 aromatic rings. The summed E-state index contributed by atoms with van der Waals surface area (Å²) in [5, 5.41) is 0. The summed E-state index contributed by atoms with van der Waals surface area (Å²) in [5.41, 5.74) is 0.608. The lowest BCUT2D eigenvalue weighted by atomic mass is 9.84. The number of nitrogens with zero attached hydrogens (tertiary/aromatic N) is 1. The average Bonchev–Trinajstić information content (AvgIpc) is 2.55. The Bertz CT molecular complexity index is 239. The Morgan fingerprint density at radius 3 is 2.64 bits per heavy atom. The lowest BCUT2D eigenvalue weighted by Gasteiger charge is -2.30. The van der Waals surface area contributed by atoms with Gasteiger partial charge in [0, 0.05) is 19.0 Å². The van der Waals surface area contributed by atoms with E-state index < -0.39 is 6.43 Å². The standard InChI is InChI=1S/C11H17F2N/c12-10(13)8-2-4-14(6-8)7-11-3-1-9(11)5-11/h8-10H,1-7H2. The number of halogens is 2. The van der Waals surface area contributed by atoms with E-state index in [0.29, 0.717) is 18.4 Å². The summed E-state index contributed by atoms with van der Waals surface area (Å²) in [4.78, 5) is 2.27. The van der Waals surface area contributed by atoms with Crippen molar-refractivity contribution in [3.63, 3.8) is 0 Å². The molecule has 1 nitrogen and oxygen atoms in total. The minimum absolute atomic E-state index is 0.344. The lowest BCUT2D eigenvalue weighted by molar-refractivity contribution is 0.0770. The van der Waals surface area contributed by atoms with E-state index in [2.05, 4.69) is 4.90 Å². The fourth-order valence-corrected chi connectivity index (χ4v) is 3.32. The molecule has 1 heterocycles. The summed E-state index contributed by atoms with van der Waals surface area (Å²) in [6.07, 6.45) is 2.73. The second-order valence-corrected chi connectivity index (χ2v) is 5.42. The van der Waals surface area contributed by atoms with Gasteiger partial charge in [-0.1, -0.05) is 0 Å². The van der Waals surface area contributed by atoms with Crippen LogP contribution in [-0.4, -0.2) is 31.0 Å². The molecule has 3 atom stereocenters. The van der Waals surface area contributed by atoms with Crippen LogP contribution in [-0.2, 0) is 0 Å². The van der Waals surface area contributed by atoms with Gasteiger partial charge in [0.25, 0.3) is 0 Å². The largest absolute Gasteiger partial charge is 0.302 e. The molecule has 0 bridgehead atoms. The zero-order valence-corrected chi connectivity index (χ0v) is 8.38. The minimum atomic E-state index is -2.10. The molecule has 2 saturated carbocycles. The van der Waals surface area contributed by atoms with Crippen LogP contribution < -0.4 is 0 Å². The Labute approximate surface area is 83.5 Å². The normalized spacial score (nSPS) is 46.5. The van der Waals surface area contributed by atoms with Gasteiger partial charge in [-0.25, -0.2) is 8.78 Å². The third-order valence-electron chi connectivity index (χ3n) is 4.55. The predicted molar refractivity (Wildman–Crippen MR) is 50.3 cm³/mol. The maximum absolute atomic E-state index is 12.4. The van der Waals surface area contributed by atoms with E-state index in [0.717, 1.165) is 19.0 Å². The van der Waals surface area contributed by atoms with Crippen molar-refractivity contribution in [3.05, 3.63) is 0 Å². The highest BCUT2D eigenvalue weighted by Crippen LogP contribution is 2.67. The van der Waals surface area contributed by atoms with Crippen LogP contribution in [0, 0.1) is 17.3 Å². The lowest BCUT2D eigenvalue weighted by Crippen LogP contribution is -2.33. The highest BCUT2D eigenvalue weighted by atomic mass is 19.3. The monoisotopic (exact) mass is 201 g/mol. The molecule has 0 amide bonds. The summed E-state index contributed by atoms with van der Waals surface area (Å²) < 4.78 is 24.9. The van der Waals surface area contributed by atoms with E-state index in [1.807, 2.05) is 0 Å². The molecule has 3 rings (SSSR count). The van der Waals surface area contributed by atoms with Crippen LogP contribution in [0.25, 0.3) is 0 Å². The number of likely N-dealkylation sites (tertiary alicyclic amines) is 1. The van der Waals surface area contributed by atoms with E-state index >= 15 is 0 Å². The van der Waals surface area contributed by atoms with Gasteiger partial charge in [0.05, 0.1) is 0 Å². The molecule has 0 spiro atoms. The summed E-state index contributed by atoms with van der Waals surface area (Å²) >= 11 is 0. The van der Waals surface area contributed by atoms with Crippen LogP contribution in [0.1, 0.15) is 25.7 Å². The van der Waals surface area contributed by atoms with Gasteiger partial charge in [0.15, 0.2) is 0 Å². The number of fused-ring (bicyclic) bond motifs is 1. The first-order valence-corrected chi connectivity index (χ1v) is 5.70. The molecule has 3 aliphatic rings. The third-order valence-corrected chi connectivity index (χ3v) is 4.55. The van der Waals surface area contributed by atoms with E-state index in [1.54, 1.807) is 0 Å². The van der Waals surface area contributed by atoms with Crippen molar-refractivity contribution in [1.29, 1.82) is 0 Å². The summed E-state index contributed by atoms with van der Waals surface area (Å²) in [6, 6.07) is 0. The smallest absolute Gasteiger partial charge is 0.242 e. The molecule has 0 aromatic heterocycles. The molecule has 0 aromatic carbocycles.